The Hall–Kier alpha value is -1.65. The highest BCUT2D eigenvalue weighted by Crippen LogP contribution is 2.13. The molecule has 0 unspecified atom stereocenters. The third kappa shape index (κ3) is 4.69. The van der Waals surface area contributed by atoms with Gasteiger partial charge in [0.2, 0.25) is 0 Å². The third-order valence-electron chi connectivity index (χ3n) is 2.11. The summed E-state index contributed by atoms with van der Waals surface area (Å²) in [4.78, 5) is 20.3. The van der Waals surface area contributed by atoms with Crippen molar-refractivity contribution in [3.8, 4) is 0 Å². The molecule has 5 heteroatoms. The van der Waals surface area contributed by atoms with Crippen molar-refractivity contribution in [1.82, 2.24) is 15.3 Å². The number of hydrogen-bond acceptors (Lipinski definition) is 4. The van der Waals surface area contributed by atoms with Crippen molar-refractivity contribution in [2.75, 3.05) is 11.9 Å². The summed E-state index contributed by atoms with van der Waals surface area (Å²) in [7, 11) is 0. The number of nitrogens with one attached hydrogen (secondary N) is 2. The van der Waals surface area contributed by atoms with Crippen LogP contribution < -0.4 is 10.6 Å². The molecule has 5 nitrogen and oxygen atoms in total. The van der Waals surface area contributed by atoms with E-state index in [2.05, 4.69) is 20.6 Å². The summed E-state index contributed by atoms with van der Waals surface area (Å²) in [5, 5.41) is 6.05. The van der Waals surface area contributed by atoms with Crippen molar-refractivity contribution in [3.05, 3.63) is 17.6 Å². The Balaban J connectivity index is 2.90. The zero-order valence-corrected chi connectivity index (χ0v) is 11.8. The Morgan fingerprint density at radius 3 is 2.56 bits per heavy atom. The van der Waals surface area contributed by atoms with Gasteiger partial charge in [-0.15, -0.1) is 0 Å². The van der Waals surface area contributed by atoms with Gasteiger partial charge >= 0.3 is 0 Å². The highest BCUT2D eigenvalue weighted by atomic mass is 16.1. The second kappa shape index (κ2) is 5.80. The largest absolute Gasteiger partial charge is 0.365 e. The van der Waals surface area contributed by atoms with E-state index in [0.717, 1.165) is 6.42 Å². The molecular weight excluding hydrogens is 228 g/mol. The molecule has 0 saturated carbocycles. The Kier molecular flexibility index (Phi) is 4.64. The molecule has 1 amide bonds. The van der Waals surface area contributed by atoms with E-state index in [1.165, 1.54) is 0 Å². The first-order valence-corrected chi connectivity index (χ1v) is 6.24. The van der Waals surface area contributed by atoms with Crippen LogP contribution in [-0.4, -0.2) is 28.0 Å². The molecule has 0 radical (unpaired) electrons. The lowest BCUT2D eigenvalue weighted by molar-refractivity contribution is 0.0948. The van der Waals surface area contributed by atoms with Gasteiger partial charge in [-0.3, -0.25) is 4.79 Å². The molecule has 100 valence electrons. The Labute approximate surface area is 108 Å². The maximum Gasteiger partial charge on any atom is 0.270 e. The molecule has 0 spiro atoms. The van der Waals surface area contributed by atoms with Crippen LogP contribution in [0.3, 0.4) is 0 Å². The van der Waals surface area contributed by atoms with Crippen molar-refractivity contribution in [1.29, 1.82) is 0 Å². The fourth-order valence-electron chi connectivity index (χ4n) is 1.46. The predicted octanol–water partition coefficient (Wildman–Crippen LogP) is 2.14. The maximum atomic E-state index is 11.8. The number of carbonyl (C=O) groups is 1. The second-order valence-corrected chi connectivity index (χ2v) is 5.32. The molecule has 2 N–H and O–H groups in total. The molecule has 0 saturated heterocycles. The molecule has 0 bridgehead atoms. The Bertz CT molecular complexity index is 423. The number of hydrogen-bond donors (Lipinski definition) is 2. The van der Waals surface area contributed by atoms with Crippen molar-refractivity contribution >= 4 is 11.7 Å². The summed E-state index contributed by atoms with van der Waals surface area (Å²) in [5.74, 6) is 1.11. The summed E-state index contributed by atoms with van der Waals surface area (Å²) in [6, 6.07) is 1.68. The minimum absolute atomic E-state index is 0.0992. The van der Waals surface area contributed by atoms with E-state index in [-0.39, 0.29) is 11.4 Å². The summed E-state index contributed by atoms with van der Waals surface area (Å²) in [6.07, 6.45) is 0.906. The quantitative estimate of drug-likeness (QED) is 0.859. The Morgan fingerprint density at radius 1 is 1.33 bits per heavy atom. The number of aromatic nitrogens is 2. The average molecular weight is 250 g/mol. The van der Waals surface area contributed by atoms with Crippen LogP contribution in [0.25, 0.3) is 0 Å². The van der Waals surface area contributed by atoms with E-state index in [9.17, 15) is 4.79 Å². The van der Waals surface area contributed by atoms with Gasteiger partial charge in [0.1, 0.15) is 17.3 Å². The summed E-state index contributed by atoms with van der Waals surface area (Å²) >= 11 is 0. The number of aryl methyl sites for hydroxylation is 1. The second-order valence-electron chi connectivity index (χ2n) is 5.32. The fraction of sp³-hybridized carbons (Fsp3) is 0.615. The first kappa shape index (κ1) is 14.4. The van der Waals surface area contributed by atoms with Crippen molar-refractivity contribution < 1.29 is 4.79 Å². The number of carbonyl (C=O) groups excluding carboxylic acids is 1. The van der Waals surface area contributed by atoms with Crippen LogP contribution in [0.15, 0.2) is 6.07 Å². The predicted molar refractivity (Wildman–Crippen MR) is 72.8 cm³/mol. The van der Waals surface area contributed by atoms with Gasteiger partial charge in [0.05, 0.1) is 0 Å². The van der Waals surface area contributed by atoms with Crippen LogP contribution in [0.4, 0.5) is 5.82 Å². The van der Waals surface area contributed by atoms with Crippen LogP contribution in [0.1, 0.15) is 50.4 Å². The molecule has 1 heterocycles. The van der Waals surface area contributed by atoms with Gasteiger partial charge in [-0.2, -0.15) is 0 Å². The molecule has 0 atom stereocenters. The molecule has 0 aliphatic carbocycles. The van der Waals surface area contributed by atoms with E-state index >= 15 is 0 Å². The van der Waals surface area contributed by atoms with Crippen LogP contribution in [-0.2, 0) is 0 Å². The monoisotopic (exact) mass is 250 g/mol. The highest BCUT2D eigenvalue weighted by molar-refractivity contribution is 5.92. The van der Waals surface area contributed by atoms with E-state index in [1.54, 1.807) is 13.0 Å². The molecule has 18 heavy (non-hydrogen) atoms. The van der Waals surface area contributed by atoms with Gasteiger partial charge in [-0.05, 0) is 34.1 Å². The van der Waals surface area contributed by atoms with E-state index in [4.69, 9.17) is 0 Å². The summed E-state index contributed by atoms with van der Waals surface area (Å²) in [5.41, 5.74) is 0.306. The van der Waals surface area contributed by atoms with Gasteiger partial charge in [0.25, 0.3) is 5.91 Å². The molecule has 1 aromatic rings. The molecule has 0 fully saturated rings. The van der Waals surface area contributed by atoms with Crippen LogP contribution in [0.2, 0.25) is 0 Å². The van der Waals surface area contributed by atoms with Gasteiger partial charge in [0.15, 0.2) is 0 Å². The van der Waals surface area contributed by atoms with Crippen LogP contribution in [0.5, 0.6) is 0 Å². The number of amides is 1. The maximum absolute atomic E-state index is 11.8. The fourth-order valence-corrected chi connectivity index (χ4v) is 1.46. The topological polar surface area (TPSA) is 66.9 Å². The van der Waals surface area contributed by atoms with E-state index in [0.29, 0.717) is 23.9 Å². The lowest BCUT2D eigenvalue weighted by Gasteiger charge is -2.21. The number of rotatable bonds is 4. The molecular formula is C13H22N4O. The average Bonchev–Trinajstić information content (AvgIpc) is 2.22. The number of anilines is 1. The SMILES string of the molecule is CCCNC(=O)c1cc(NC(C)(C)C)nc(C)n1. The smallest absolute Gasteiger partial charge is 0.270 e. The summed E-state index contributed by atoms with van der Waals surface area (Å²) < 4.78 is 0. The first-order valence-electron chi connectivity index (χ1n) is 6.24. The zero-order chi connectivity index (χ0) is 13.8. The Morgan fingerprint density at radius 2 is 2.00 bits per heavy atom. The zero-order valence-electron chi connectivity index (χ0n) is 11.8. The van der Waals surface area contributed by atoms with Crippen molar-refractivity contribution in [2.45, 2.75) is 46.6 Å². The standard InChI is InChI=1S/C13H22N4O/c1-6-7-14-12(18)10-8-11(16-9(2)15-10)17-13(3,4)5/h8H,6-7H2,1-5H3,(H,14,18)(H,15,16,17). The van der Waals surface area contributed by atoms with E-state index in [1.807, 2.05) is 27.7 Å². The molecule has 1 aromatic heterocycles. The molecule has 0 aliphatic rings. The van der Waals surface area contributed by atoms with Gasteiger partial charge in [-0.1, -0.05) is 6.92 Å². The lowest BCUT2D eigenvalue weighted by atomic mass is 10.1. The van der Waals surface area contributed by atoms with Gasteiger partial charge in [-0.25, -0.2) is 9.97 Å². The minimum atomic E-state index is -0.153. The molecule has 0 aliphatic heterocycles. The molecule has 0 aromatic carbocycles. The van der Waals surface area contributed by atoms with Gasteiger partial charge in [0, 0.05) is 18.2 Å². The van der Waals surface area contributed by atoms with Gasteiger partial charge < -0.3 is 10.6 Å². The molecule has 1 rings (SSSR count). The minimum Gasteiger partial charge on any atom is -0.365 e. The first-order chi connectivity index (χ1) is 8.31. The lowest BCUT2D eigenvalue weighted by Crippen LogP contribution is -2.28. The summed E-state index contributed by atoms with van der Waals surface area (Å²) in [6.45, 7) is 10.6. The van der Waals surface area contributed by atoms with Crippen molar-refractivity contribution in [2.24, 2.45) is 0 Å². The van der Waals surface area contributed by atoms with E-state index < -0.39 is 0 Å². The van der Waals surface area contributed by atoms with Crippen molar-refractivity contribution in [3.63, 3.8) is 0 Å². The van der Waals surface area contributed by atoms with Crippen LogP contribution >= 0.6 is 0 Å². The highest BCUT2D eigenvalue weighted by Gasteiger charge is 2.14. The number of nitrogens with zero attached hydrogens (tertiary/aromatic N) is 2. The third-order valence-corrected chi connectivity index (χ3v) is 2.11. The van der Waals surface area contributed by atoms with Crippen LogP contribution in [0, 0.1) is 6.92 Å². The normalized spacial score (nSPS) is 11.2.